The molecule has 0 aromatic heterocycles. The van der Waals surface area contributed by atoms with E-state index in [-0.39, 0.29) is 67.6 Å². The molecule has 17 nitrogen and oxygen atoms in total. The molecule has 0 radical (unpaired) electrons. The minimum Gasteiger partial charge on any atom is -0.456 e. The summed E-state index contributed by atoms with van der Waals surface area (Å²) in [7, 11) is -13.1. The van der Waals surface area contributed by atoms with Crippen LogP contribution in [0.1, 0.15) is 96.5 Å². The highest BCUT2D eigenvalue weighted by Crippen LogP contribution is 2.51. The van der Waals surface area contributed by atoms with Crippen LogP contribution in [0.15, 0.2) is 69.6 Å². The van der Waals surface area contributed by atoms with Crippen molar-refractivity contribution < 1.29 is 62.5 Å². The van der Waals surface area contributed by atoms with E-state index in [4.69, 9.17) is 9.25 Å². The molecular formula is C41H52N3O14S3+. The van der Waals surface area contributed by atoms with Crippen LogP contribution in [-0.4, -0.2) is 92.9 Å². The lowest BCUT2D eigenvalue weighted by Crippen LogP contribution is -2.32. The van der Waals surface area contributed by atoms with Crippen LogP contribution in [0.25, 0.3) is 17.4 Å². The maximum absolute atomic E-state index is 12.8. The van der Waals surface area contributed by atoms with E-state index in [1.54, 1.807) is 30.1 Å². The Balaban J connectivity index is 1.58. The second-order valence-corrected chi connectivity index (χ2v) is 20.9. The third kappa shape index (κ3) is 11.8. The first-order valence-corrected chi connectivity index (χ1v) is 24.4. The van der Waals surface area contributed by atoms with E-state index in [2.05, 4.69) is 20.8 Å². The first-order valence-electron chi connectivity index (χ1n) is 19.7. The highest BCUT2D eigenvalue weighted by atomic mass is 32.2. The van der Waals surface area contributed by atoms with E-state index in [9.17, 15) is 53.3 Å². The predicted molar refractivity (Wildman–Crippen MR) is 226 cm³/mol. The third-order valence-electron chi connectivity index (χ3n) is 10.7. The van der Waals surface area contributed by atoms with Crippen LogP contribution in [0.4, 0.5) is 5.69 Å². The zero-order chi connectivity index (χ0) is 45.1. The van der Waals surface area contributed by atoms with Gasteiger partial charge in [0.2, 0.25) is 5.36 Å². The Labute approximate surface area is 355 Å². The molecule has 4 aliphatic rings. The van der Waals surface area contributed by atoms with E-state index < -0.39 is 59.3 Å². The van der Waals surface area contributed by atoms with Gasteiger partial charge in [0.15, 0.2) is 0 Å². The lowest BCUT2D eigenvalue weighted by Gasteiger charge is -2.30. The number of allylic oxidation sites excluding steroid dienone is 3. The zero-order valence-electron chi connectivity index (χ0n) is 34.7. The van der Waals surface area contributed by atoms with Crippen molar-refractivity contribution in [3.8, 4) is 11.3 Å². The van der Waals surface area contributed by atoms with Crippen molar-refractivity contribution in [1.29, 1.82) is 0 Å². The summed E-state index contributed by atoms with van der Waals surface area (Å²) in [5.74, 6) is -2.02. The normalized spacial score (nSPS) is 18.8. The average Bonchev–Trinajstić information content (AvgIpc) is 3.58. The minimum absolute atomic E-state index is 0.0262. The molecule has 0 bridgehead atoms. The van der Waals surface area contributed by atoms with E-state index in [1.807, 2.05) is 35.8 Å². The lowest BCUT2D eigenvalue weighted by molar-refractivity contribution is -0.197. The number of hydrogen-bond acceptors (Lipinski definition) is 12. The molecule has 20 heteroatoms. The number of carbonyl (C=O) groups excluding carboxylic acids is 3. The Morgan fingerprint density at radius 1 is 0.918 bits per heavy atom. The van der Waals surface area contributed by atoms with Gasteiger partial charge in [-0.15, -0.1) is 5.06 Å². The number of hydroxylamine groups is 2. The van der Waals surface area contributed by atoms with Crippen LogP contribution in [-0.2, 0) is 60.4 Å². The van der Waals surface area contributed by atoms with Crippen molar-refractivity contribution in [1.82, 2.24) is 9.64 Å². The van der Waals surface area contributed by atoms with Crippen LogP contribution < -0.4 is 14.8 Å². The average molecular weight is 907 g/mol. The molecule has 3 N–H and O–H groups in total. The molecule has 3 heterocycles. The molecule has 3 aliphatic heterocycles. The lowest BCUT2D eigenvalue weighted by atomic mass is 9.77. The summed E-state index contributed by atoms with van der Waals surface area (Å²) < 4.78 is 108. The van der Waals surface area contributed by atoms with Crippen LogP contribution in [0.2, 0.25) is 0 Å². The smallest absolute Gasteiger partial charge is 0.333 e. The Bertz CT molecular complexity index is 2630. The Morgan fingerprint density at radius 3 is 2.18 bits per heavy atom. The first kappa shape index (κ1) is 47.3. The van der Waals surface area contributed by atoms with Gasteiger partial charge in [0.1, 0.15) is 24.6 Å². The zero-order valence-corrected chi connectivity index (χ0v) is 37.1. The van der Waals surface area contributed by atoms with Gasteiger partial charge in [-0.2, -0.15) is 25.3 Å². The van der Waals surface area contributed by atoms with Crippen molar-refractivity contribution >= 4 is 59.9 Å². The van der Waals surface area contributed by atoms with Gasteiger partial charge >= 0.3 is 5.97 Å². The number of benzene rings is 2. The highest BCUT2D eigenvalue weighted by Gasteiger charge is 2.44. The van der Waals surface area contributed by atoms with Gasteiger partial charge in [-0.1, -0.05) is 26.8 Å². The summed E-state index contributed by atoms with van der Waals surface area (Å²) >= 11 is 0. The van der Waals surface area contributed by atoms with Crippen molar-refractivity contribution in [3.63, 3.8) is 0 Å². The van der Waals surface area contributed by atoms with Gasteiger partial charge in [0.25, 0.3) is 42.2 Å². The monoisotopic (exact) mass is 906 g/mol. The van der Waals surface area contributed by atoms with Gasteiger partial charge in [-0.05, 0) is 92.1 Å². The SMILES string of the molecule is CC[N+](CCCS(=O)(=O)O)=c1ccc2c(C(C)(C)C)cc(C=CC=C3N(CCCS(=O)(=O)O)c4ccc(S(=O)(=O)O)cc4C3(C)CCCC(=O)ON3C(=O)CCC3=O)oc-2c1. The number of hydrogen-bond donors (Lipinski definition) is 3. The number of nitrogens with zero attached hydrogens (tertiary/aromatic N) is 3. The van der Waals surface area contributed by atoms with Gasteiger partial charge < -0.3 is 14.2 Å². The van der Waals surface area contributed by atoms with Crippen molar-refractivity contribution in [2.24, 2.45) is 0 Å². The molecule has 61 heavy (non-hydrogen) atoms. The third-order valence-corrected chi connectivity index (χ3v) is 13.2. The number of imide groups is 1. The Morgan fingerprint density at radius 2 is 1.57 bits per heavy atom. The predicted octanol–water partition coefficient (Wildman–Crippen LogP) is 4.73. The molecule has 0 spiro atoms. The molecule has 1 fully saturated rings. The second kappa shape index (κ2) is 18.3. The standard InChI is InChI=1S/C41H51N3O14S3/c1-6-42(21-9-23-59(48,49)50)28-14-16-31-32(40(2,3)4)26-29(57-35(31)25-28)11-7-12-36-41(5,20-8-13-39(47)58-44-37(45)18-19-38(44)46)33-27-30(61(54,55)56)15-17-34(33)43(36)22-10-24-60(51,52)53/h7,11-12,14-17,25-27H,6,8-10,13,18-24H2,1-5H3,(H2-,48,49,50,51,52,53,54,55,56)/p+1. The van der Waals surface area contributed by atoms with Crippen molar-refractivity contribution in [3.05, 3.63) is 82.6 Å². The fraction of sp³-hybridized carbons (Fsp3) is 0.463. The molecule has 1 aliphatic carbocycles. The van der Waals surface area contributed by atoms with Gasteiger partial charge in [-0.25, -0.2) is 9.37 Å². The van der Waals surface area contributed by atoms with E-state index in [0.717, 1.165) is 16.5 Å². The number of rotatable bonds is 17. The maximum atomic E-state index is 12.8. The molecule has 1 aromatic carbocycles. The molecular weight excluding hydrogens is 855 g/mol. The van der Waals surface area contributed by atoms with Gasteiger partial charge in [0.05, 0.1) is 22.5 Å². The summed E-state index contributed by atoms with van der Waals surface area (Å²) in [5, 5.41) is 1.24. The van der Waals surface area contributed by atoms with Crippen molar-refractivity contribution in [2.45, 2.75) is 95.3 Å². The quantitative estimate of drug-likeness (QED) is 0.0942. The summed E-state index contributed by atoms with van der Waals surface area (Å²) in [6.07, 6.45) is 5.31. The number of anilines is 1. The van der Waals surface area contributed by atoms with Gasteiger partial charge in [-0.3, -0.25) is 23.2 Å². The van der Waals surface area contributed by atoms with Crippen LogP contribution in [0.5, 0.6) is 0 Å². The van der Waals surface area contributed by atoms with Crippen molar-refractivity contribution in [2.75, 3.05) is 36.0 Å². The molecule has 1 unspecified atom stereocenters. The maximum Gasteiger partial charge on any atom is 0.333 e. The van der Waals surface area contributed by atoms with Gasteiger partial charge in [0, 0.05) is 60.7 Å². The number of amides is 2. The summed E-state index contributed by atoms with van der Waals surface area (Å²) in [6.45, 7) is 10.9. The van der Waals surface area contributed by atoms with E-state index >= 15 is 0 Å². The molecule has 332 valence electrons. The second-order valence-electron chi connectivity index (χ2n) is 16.3. The van der Waals surface area contributed by atoms with Crippen LogP contribution >= 0.6 is 0 Å². The molecule has 0 saturated carbocycles. The molecule has 1 atom stereocenters. The van der Waals surface area contributed by atoms with Crippen LogP contribution in [0.3, 0.4) is 0 Å². The summed E-state index contributed by atoms with van der Waals surface area (Å²) in [4.78, 5) is 43.3. The summed E-state index contributed by atoms with van der Waals surface area (Å²) in [6, 6.07) is 11.7. The molecule has 1 saturated heterocycles. The Hall–Kier alpha value is -4.73. The molecule has 1 aromatic rings. The first-order chi connectivity index (χ1) is 28.3. The Kier molecular flexibility index (Phi) is 14.2. The fourth-order valence-electron chi connectivity index (χ4n) is 7.73. The molecule has 2 amide bonds. The highest BCUT2D eigenvalue weighted by molar-refractivity contribution is 7.86. The molecule has 5 rings (SSSR count). The van der Waals surface area contributed by atoms with E-state index in [0.29, 0.717) is 46.6 Å². The largest absolute Gasteiger partial charge is 0.456 e. The number of carbonyl (C=O) groups is 3. The number of fused-ring (bicyclic) bond motifs is 2. The summed E-state index contributed by atoms with van der Waals surface area (Å²) in [5.41, 5.74) is 1.91. The topological polar surface area (TPSA) is 246 Å². The van der Waals surface area contributed by atoms with Crippen LogP contribution in [0, 0.1) is 0 Å². The minimum atomic E-state index is -4.67. The fourth-order valence-corrected chi connectivity index (χ4v) is 9.22. The van der Waals surface area contributed by atoms with E-state index in [1.165, 1.54) is 18.2 Å².